The number of halogens is 2. The molecule has 7 heteroatoms. The van der Waals surface area contributed by atoms with Gasteiger partial charge in [-0.2, -0.15) is 4.99 Å². The molecule has 0 radical (unpaired) electrons. The van der Waals surface area contributed by atoms with Gasteiger partial charge in [0.25, 0.3) is 5.91 Å². The van der Waals surface area contributed by atoms with E-state index >= 15 is 0 Å². The van der Waals surface area contributed by atoms with Crippen molar-refractivity contribution in [1.82, 2.24) is 4.57 Å². The monoisotopic (exact) mass is 392 g/mol. The highest BCUT2D eigenvalue weighted by molar-refractivity contribution is 7.16. The van der Waals surface area contributed by atoms with Gasteiger partial charge in [0.05, 0.1) is 27.4 Å². The summed E-state index contributed by atoms with van der Waals surface area (Å²) in [6, 6.07) is 10.4. The minimum absolute atomic E-state index is 0.339. The number of hydrogen-bond donors (Lipinski definition) is 0. The van der Waals surface area contributed by atoms with Crippen LogP contribution in [0.5, 0.6) is 5.75 Å². The van der Waals surface area contributed by atoms with Gasteiger partial charge in [0.2, 0.25) is 0 Å². The predicted molar refractivity (Wildman–Crippen MR) is 103 cm³/mol. The number of nitrogens with zero attached hydrogens (tertiary/aromatic N) is 2. The first-order valence-corrected chi connectivity index (χ1v) is 8.93. The van der Waals surface area contributed by atoms with Crippen molar-refractivity contribution in [3.8, 4) is 5.75 Å². The number of amides is 1. The molecule has 25 heavy (non-hydrogen) atoms. The van der Waals surface area contributed by atoms with Gasteiger partial charge in [-0.15, -0.1) is 6.58 Å². The van der Waals surface area contributed by atoms with Crippen LogP contribution in [0.1, 0.15) is 10.4 Å². The zero-order chi connectivity index (χ0) is 18.0. The lowest BCUT2D eigenvalue weighted by atomic mass is 10.2. The number of carbonyl (C=O) groups is 1. The van der Waals surface area contributed by atoms with Gasteiger partial charge in [0, 0.05) is 12.1 Å². The van der Waals surface area contributed by atoms with Crippen LogP contribution in [0, 0.1) is 0 Å². The number of fused-ring (bicyclic) bond motifs is 1. The Balaban J connectivity index is 2.14. The van der Waals surface area contributed by atoms with Crippen LogP contribution in [0.3, 0.4) is 0 Å². The second-order valence-electron chi connectivity index (χ2n) is 5.14. The molecular formula is C18H14Cl2N2O2S. The maximum Gasteiger partial charge on any atom is 0.279 e. The van der Waals surface area contributed by atoms with E-state index in [-0.39, 0.29) is 5.91 Å². The van der Waals surface area contributed by atoms with Crippen LogP contribution in [0.2, 0.25) is 10.0 Å². The number of rotatable bonds is 4. The molecule has 128 valence electrons. The summed E-state index contributed by atoms with van der Waals surface area (Å²) in [5, 5.41) is 0.897. The summed E-state index contributed by atoms with van der Waals surface area (Å²) in [5.74, 6) is 0.343. The van der Waals surface area contributed by atoms with E-state index in [4.69, 9.17) is 27.9 Å². The Morgan fingerprint density at radius 2 is 2.00 bits per heavy atom. The second kappa shape index (κ2) is 7.44. The molecule has 0 aliphatic heterocycles. The largest absolute Gasteiger partial charge is 0.497 e. The maximum absolute atomic E-state index is 12.5. The standard InChI is InChI=1S/C18H14Cl2N2O2S/c1-3-10-22-16-14(9-8-13(19)15(16)20)25-18(22)21-17(23)11-4-6-12(24-2)7-5-11/h3-9H,1,10H2,2H3. The van der Waals surface area contributed by atoms with E-state index in [1.807, 2.05) is 10.6 Å². The second-order valence-corrected chi connectivity index (χ2v) is 6.93. The van der Waals surface area contributed by atoms with Crippen molar-refractivity contribution >= 4 is 50.7 Å². The van der Waals surface area contributed by atoms with Crippen molar-refractivity contribution in [2.75, 3.05) is 7.11 Å². The fourth-order valence-corrected chi connectivity index (χ4v) is 3.89. The molecule has 0 unspecified atom stereocenters. The molecule has 3 aromatic rings. The Morgan fingerprint density at radius 3 is 2.64 bits per heavy atom. The van der Waals surface area contributed by atoms with E-state index in [1.165, 1.54) is 11.3 Å². The first kappa shape index (κ1) is 17.7. The van der Waals surface area contributed by atoms with Gasteiger partial charge in [0.1, 0.15) is 5.75 Å². The first-order chi connectivity index (χ1) is 12.0. The van der Waals surface area contributed by atoms with Crippen molar-refractivity contribution in [2.24, 2.45) is 4.99 Å². The van der Waals surface area contributed by atoms with E-state index in [2.05, 4.69) is 11.6 Å². The molecule has 2 aromatic carbocycles. The van der Waals surface area contributed by atoms with Gasteiger partial charge in [-0.25, -0.2) is 0 Å². The van der Waals surface area contributed by atoms with Gasteiger partial charge in [-0.3, -0.25) is 4.79 Å². The van der Waals surface area contributed by atoms with Gasteiger partial charge in [-0.1, -0.05) is 40.6 Å². The summed E-state index contributed by atoms with van der Waals surface area (Å²) >= 11 is 13.8. The number of allylic oxidation sites excluding steroid dienone is 1. The summed E-state index contributed by atoms with van der Waals surface area (Å²) in [4.78, 5) is 17.3. The lowest BCUT2D eigenvalue weighted by molar-refractivity contribution is 0.0998. The molecule has 0 spiro atoms. The van der Waals surface area contributed by atoms with Crippen molar-refractivity contribution in [3.05, 3.63) is 69.5 Å². The minimum Gasteiger partial charge on any atom is -0.497 e. The molecule has 1 amide bonds. The predicted octanol–water partition coefficient (Wildman–Crippen LogP) is 4.95. The summed E-state index contributed by atoms with van der Waals surface area (Å²) < 4.78 is 7.84. The first-order valence-electron chi connectivity index (χ1n) is 7.36. The number of aromatic nitrogens is 1. The average Bonchev–Trinajstić information content (AvgIpc) is 2.96. The Morgan fingerprint density at radius 1 is 1.28 bits per heavy atom. The lowest BCUT2D eigenvalue weighted by Crippen LogP contribution is -2.16. The average molecular weight is 393 g/mol. The topological polar surface area (TPSA) is 43.6 Å². The van der Waals surface area contributed by atoms with Gasteiger partial charge in [-0.05, 0) is 36.4 Å². The lowest BCUT2D eigenvalue weighted by Gasteiger charge is -2.04. The maximum atomic E-state index is 12.5. The molecule has 1 heterocycles. The molecule has 0 aliphatic rings. The van der Waals surface area contributed by atoms with E-state index in [9.17, 15) is 4.79 Å². The summed E-state index contributed by atoms with van der Waals surface area (Å²) in [7, 11) is 1.57. The fourth-order valence-electron chi connectivity index (χ4n) is 2.37. The molecule has 0 aliphatic carbocycles. The van der Waals surface area contributed by atoms with Crippen molar-refractivity contribution in [2.45, 2.75) is 6.54 Å². The minimum atomic E-state index is -0.339. The van der Waals surface area contributed by atoms with Gasteiger partial charge in [0.15, 0.2) is 4.80 Å². The molecule has 0 saturated carbocycles. The Hall–Kier alpha value is -2.08. The molecule has 0 fully saturated rings. The smallest absolute Gasteiger partial charge is 0.279 e. The number of methoxy groups -OCH3 is 1. The Bertz CT molecular complexity index is 1020. The number of hydrogen-bond acceptors (Lipinski definition) is 3. The molecule has 0 atom stereocenters. The number of thiazole rings is 1. The fraction of sp³-hybridized carbons (Fsp3) is 0.111. The molecule has 1 aromatic heterocycles. The summed E-state index contributed by atoms with van der Waals surface area (Å²) in [6.45, 7) is 4.23. The van der Waals surface area contributed by atoms with Crippen molar-refractivity contribution < 1.29 is 9.53 Å². The van der Waals surface area contributed by atoms with Crippen LogP contribution in [-0.2, 0) is 6.54 Å². The molecule has 3 rings (SSSR count). The third-order valence-electron chi connectivity index (χ3n) is 3.58. The summed E-state index contributed by atoms with van der Waals surface area (Å²) in [5.41, 5.74) is 1.23. The molecule has 0 bridgehead atoms. The zero-order valence-electron chi connectivity index (χ0n) is 13.3. The van der Waals surface area contributed by atoms with Crippen LogP contribution in [-0.4, -0.2) is 17.6 Å². The Labute approximate surface area is 158 Å². The van der Waals surface area contributed by atoms with Crippen LogP contribution in [0.15, 0.2) is 54.0 Å². The highest BCUT2D eigenvalue weighted by Crippen LogP contribution is 2.32. The molecule has 0 saturated heterocycles. The quantitative estimate of drug-likeness (QED) is 0.589. The van der Waals surface area contributed by atoms with Gasteiger partial charge < -0.3 is 9.30 Å². The highest BCUT2D eigenvalue weighted by Gasteiger charge is 2.13. The van der Waals surface area contributed by atoms with E-state index in [0.29, 0.717) is 32.7 Å². The normalized spacial score (nSPS) is 11.7. The van der Waals surface area contributed by atoms with Crippen LogP contribution < -0.4 is 9.54 Å². The van der Waals surface area contributed by atoms with Crippen molar-refractivity contribution in [3.63, 3.8) is 0 Å². The molecular weight excluding hydrogens is 379 g/mol. The zero-order valence-corrected chi connectivity index (χ0v) is 15.7. The summed E-state index contributed by atoms with van der Waals surface area (Å²) in [6.07, 6.45) is 1.72. The molecule has 4 nitrogen and oxygen atoms in total. The highest BCUT2D eigenvalue weighted by atomic mass is 35.5. The number of carbonyl (C=O) groups excluding carboxylic acids is 1. The van der Waals surface area contributed by atoms with Crippen LogP contribution in [0.4, 0.5) is 0 Å². The third-order valence-corrected chi connectivity index (χ3v) is 5.42. The number of ether oxygens (including phenoxy) is 1. The molecule has 0 N–H and O–H groups in total. The van der Waals surface area contributed by atoms with Crippen molar-refractivity contribution in [1.29, 1.82) is 0 Å². The van der Waals surface area contributed by atoms with Crippen LogP contribution in [0.25, 0.3) is 10.2 Å². The van der Waals surface area contributed by atoms with Gasteiger partial charge >= 0.3 is 0 Å². The number of benzene rings is 2. The Kier molecular flexibility index (Phi) is 5.27. The van der Waals surface area contributed by atoms with E-state index in [0.717, 1.165) is 10.2 Å². The SMILES string of the molecule is C=CCn1c(=NC(=O)c2ccc(OC)cc2)sc2ccc(Cl)c(Cl)c21. The third kappa shape index (κ3) is 3.49. The van der Waals surface area contributed by atoms with Crippen LogP contribution >= 0.6 is 34.5 Å². The van der Waals surface area contributed by atoms with E-state index < -0.39 is 0 Å². The van der Waals surface area contributed by atoms with E-state index in [1.54, 1.807) is 43.5 Å².